The number of rotatable bonds is 4. The van der Waals surface area contributed by atoms with Gasteiger partial charge in [-0.15, -0.1) is 0 Å². The van der Waals surface area contributed by atoms with Crippen molar-refractivity contribution in [2.75, 3.05) is 11.9 Å². The van der Waals surface area contributed by atoms with Gasteiger partial charge in [-0.25, -0.2) is 9.97 Å². The zero-order valence-corrected chi connectivity index (χ0v) is 12.4. The van der Waals surface area contributed by atoms with E-state index < -0.39 is 0 Å². The average Bonchev–Trinajstić information content (AvgIpc) is 3.26. The first-order valence-electron chi connectivity index (χ1n) is 7.38. The summed E-state index contributed by atoms with van der Waals surface area (Å²) in [6, 6.07) is 8.56. The molecule has 20 heavy (non-hydrogen) atoms. The third-order valence-electron chi connectivity index (χ3n) is 3.73. The van der Waals surface area contributed by atoms with Crippen LogP contribution in [0, 0.1) is 13.8 Å². The Kier molecular flexibility index (Phi) is 3.43. The quantitative estimate of drug-likeness (QED) is 0.907. The molecule has 0 spiro atoms. The molecule has 0 aliphatic heterocycles. The highest BCUT2D eigenvalue weighted by atomic mass is 15.0. The summed E-state index contributed by atoms with van der Waals surface area (Å²) in [7, 11) is 0. The number of anilines is 1. The smallest absolute Gasteiger partial charge is 0.162 e. The third-order valence-corrected chi connectivity index (χ3v) is 3.73. The minimum Gasteiger partial charge on any atom is -0.370 e. The Morgan fingerprint density at radius 1 is 1.15 bits per heavy atom. The second-order valence-electron chi connectivity index (χ2n) is 5.62. The number of nitrogens with one attached hydrogen (secondary N) is 1. The van der Waals surface area contributed by atoms with Crippen molar-refractivity contribution in [3.05, 3.63) is 41.1 Å². The summed E-state index contributed by atoms with van der Waals surface area (Å²) in [6.45, 7) is 7.21. The minimum absolute atomic E-state index is 0.638. The number of aryl methyl sites for hydroxylation is 2. The van der Waals surface area contributed by atoms with Crippen LogP contribution in [0.15, 0.2) is 24.3 Å². The van der Waals surface area contributed by atoms with Crippen molar-refractivity contribution >= 4 is 5.82 Å². The van der Waals surface area contributed by atoms with Gasteiger partial charge in [0.2, 0.25) is 0 Å². The van der Waals surface area contributed by atoms with Gasteiger partial charge in [0.15, 0.2) is 5.82 Å². The molecular weight excluding hydrogens is 246 g/mol. The fourth-order valence-corrected chi connectivity index (χ4v) is 2.42. The van der Waals surface area contributed by atoms with Crippen LogP contribution in [-0.2, 0) is 0 Å². The molecule has 1 aliphatic carbocycles. The van der Waals surface area contributed by atoms with Gasteiger partial charge >= 0.3 is 0 Å². The predicted molar refractivity (Wildman–Crippen MR) is 83.1 cm³/mol. The second-order valence-corrected chi connectivity index (χ2v) is 5.62. The lowest BCUT2D eigenvalue weighted by atomic mass is 10.0. The first-order valence-corrected chi connectivity index (χ1v) is 7.38. The van der Waals surface area contributed by atoms with Crippen molar-refractivity contribution in [2.45, 2.75) is 39.5 Å². The van der Waals surface area contributed by atoms with Gasteiger partial charge in [-0.05, 0) is 45.2 Å². The molecule has 0 saturated heterocycles. The molecule has 1 heterocycles. The van der Waals surface area contributed by atoms with Crippen LogP contribution in [0.2, 0.25) is 0 Å². The summed E-state index contributed by atoms with van der Waals surface area (Å²) in [4.78, 5) is 9.48. The van der Waals surface area contributed by atoms with Crippen molar-refractivity contribution in [1.82, 2.24) is 9.97 Å². The van der Waals surface area contributed by atoms with Gasteiger partial charge in [-0.3, -0.25) is 0 Å². The van der Waals surface area contributed by atoms with E-state index in [1.807, 2.05) is 0 Å². The van der Waals surface area contributed by atoms with Gasteiger partial charge in [-0.2, -0.15) is 0 Å². The topological polar surface area (TPSA) is 37.8 Å². The number of hydrogen-bond acceptors (Lipinski definition) is 3. The summed E-state index contributed by atoms with van der Waals surface area (Å²) >= 11 is 0. The molecule has 1 saturated carbocycles. The highest BCUT2D eigenvalue weighted by Gasteiger charge is 2.26. The van der Waals surface area contributed by atoms with Crippen LogP contribution in [0.25, 0.3) is 11.4 Å². The maximum Gasteiger partial charge on any atom is 0.162 e. The van der Waals surface area contributed by atoms with E-state index in [0.29, 0.717) is 5.92 Å². The van der Waals surface area contributed by atoms with E-state index in [1.165, 1.54) is 29.7 Å². The minimum atomic E-state index is 0.638. The van der Waals surface area contributed by atoms with Crippen LogP contribution in [0.4, 0.5) is 5.82 Å². The van der Waals surface area contributed by atoms with E-state index in [2.05, 4.69) is 55.3 Å². The molecule has 1 aliphatic rings. The van der Waals surface area contributed by atoms with Gasteiger partial charge < -0.3 is 5.32 Å². The van der Waals surface area contributed by atoms with E-state index in [0.717, 1.165) is 23.8 Å². The number of hydrogen-bond donors (Lipinski definition) is 1. The van der Waals surface area contributed by atoms with Crippen LogP contribution >= 0.6 is 0 Å². The molecule has 1 aromatic heterocycles. The van der Waals surface area contributed by atoms with Gasteiger partial charge in [-0.1, -0.05) is 17.7 Å². The maximum absolute atomic E-state index is 4.80. The van der Waals surface area contributed by atoms with Crippen molar-refractivity contribution in [1.29, 1.82) is 0 Å². The average molecular weight is 267 g/mol. The van der Waals surface area contributed by atoms with Crippen molar-refractivity contribution < 1.29 is 0 Å². The molecule has 3 nitrogen and oxygen atoms in total. The first kappa shape index (κ1) is 13.1. The summed E-state index contributed by atoms with van der Waals surface area (Å²) in [5, 5.41) is 3.32. The van der Waals surface area contributed by atoms with Crippen LogP contribution in [0.5, 0.6) is 0 Å². The summed E-state index contributed by atoms with van der Waals surface area (Å²) in [6.07, 6.45) is 2.52. The predicted octanol–water partition coefficient (Wildman–Crippen LogP) is 4.07. The van der Waals surface area contributed by atoms with E-state index in [1.54, 1.807) is 0 Å². The van der Waals surface area contributed by atoms with Gasteiger partial charge in [0.25, 0.3) is 0 Å². The molecule has 2 aromatic rings. The van der Waals surface area contributed by atoms with Gasteiger partial charge in [0, 0.05) is 29.8 Å². The molecule has 0 unspecified atom stereocenters. The molecule has 1 fully saturated rings. The van der Waals surface area contributed by atoms with Crippen LogP contribution < -0.4 is 5.32 Å². The largest absolute Gasteiger partial charge is 0.370 e. The molecule has 104 valence electrons. The molecule has 0 atom stereocenters. The normalized spacial score (nSPS) is 14.3. The molecule has 1 N–H and O–H groups in total. The molecule has 3 rings (SSSR count). The Labute approximate surface area is 120 Å². The van der Waals surface area contributed by atoms with Crippen LogP contribution in [0.1, 0.15) is 42.5 Å². The maximum atomic E-state index is 4.80. The lowest BCUT2D eigenvalue weighted by molar-refractivity contribution is 0.986. The molecule has 0 amide bonds. The monoisotopic (exact) mass is 267 g/mol. The Hall–Kier alpha value is -1.90. The lowest BCUT2D eigenvalue weighted by Crippen LogP contribution is -2.04. The standard InChI is InChI=1S/C17H21N3/c1-4-18-16-10-15(13-7-8-13)19-17(20-16)14-9-11(2)5-6-12(14)3/h5-6,9-10,13H,4,7-8H2,1-3H3,(H,18,19,20). The summed E-state index contributed by atoms with van der Waals surface area (Å²) in [5.74, 6) is 2.44. The van der Waals surface area contributed by atoms with Crippen LogP contribution in [0.3, 0.4) is 0 Å². The summed E-state index contributed by atoms with van der Waals surface area (Å²) in [5.41, 5.74) is 4.81. The van der Waals surface area contributed by atoms with Crippen LogP contribution in [-0.4, -0.2) is 16.5 Å². The fraction of sp³-hybridized carbons (Fsp3) is 0.412. The fourth-order valence-electron chi connectivity index (χ4n) is 2.42. The van der Waals surface area contributed by atoms with E-state index in [9.17, 15) is 0 Å². The van der Waals surface area contributed by atoms with Gasteiger partial charge in [0.05, 0.1) is 0 Å². The Morgan fingerprint density at radius 3 is 2.65 bits per heavy atom. The second kappa shape index (κ2) is 5.23. The van der Waals surface area contributed by atoms with E-state index >= 15 is 0 Å². The van der Waals surface area contributed by atoms with Gasteiger partial charge in [0.1, 0.15) is 5.82 Å². The third kappa shape index (κ3) is 2.67. The lowest BCUT2D eigenvalue weighted by Gasteiger charge is -2.11. The van der Waals surface area contributed by atoms with E-state index in [4.69, 9.17) is 4.98 Å². The first-order chi connectivity index (χ1) is 9.67. The summed E-state index contributed by atoms with van der Waals surface area (Å²) < 4.78 is 0. The van der Waals surface area contributed by atoms with Crippen molar-refractivity contribution in [3.8, 4) is 11.4 Å². The molecular formula is C17H21N3. The molecule has 0 bridgehead atoms. The number of nitrogens with zero attached hydrogens (tertiary/aromatic N) is 2. The SMILES string of the molecule is CCNc1cc(C2CC2)nc(-c2cc(C)ccc2C)n1. The Morgan fingerprint density at radius 2 is 1.95 bits per heavy atom. The molecule has 0 radical (unpaired) electrons. The Bertz CT molecular complexity index is 630. The van der Waals surface area contributed by atoms with E-state index in [-0.39, 0.29) is 0 Å². The van der Waals surface area contributed by atoms with Crippen molar-refractivity contribution in [3.63, 3.8) is 0 Å². The highest BCUT2D eigenvalue weighted by Crippen LogP contribution is 2.40. The zero-order chi connectivity index (χ0) is 14.1. The number of benzene rings is 1. The molecule has 3 heteroatoms. The molecule has 1 aromatic carbocycles. The van der Waals surface area contributed by atoms with Crippen molar-refractivity contribution in [2.24, 2.45) is 0 Å². The number of aromatic nitrogens is 2. The highest BCUT2D eigenvalue weighted by molar-refractivity contribution is 5.63. The zero-order valence-electron chi connectivity index (χ0n) is 12.4. The Balaban J connectivity index is 2.09.